The molecule has 0 aliphatic heterocycles. The fourth-order valence-electron chi connectivity index (χ4n) is 0.948. The minimum atomic E-state index is -0.359. The number of nitrogens with zero attached hydrogens (tertiary/aromatic N) is 2. The molecule has 0 aromatic carbocycles. The minimum Gasteiger partial charge on any atom is -0.468 e. The quantitative estimate of drug-likeness (QED) is 0.622. The predicted octanol–water partition coefficient (Wildman–Crippen LogP) is 1.28. The molecular formula is C9H12ClN3O2. The van der Waals surface area contributed by atoms with Gasteiger partial charge in [-0.05, 0) is 0 Å². The first-order valence-corrected chi connectivity index (χ1v) is 4.87. The smallest absolute Gasteiger partial charge is 0.325 e. The van der Waals surface area contributed by atoms with Crippen molar-refractivity contribution < 1.29 is 9.53 Å². The lowest BCUT2D eigenvalue weighted by molar-refractivity contribution is -0.138. The number of halogens is 1. The molecular weight excluding hydrogens is 218 g/mol. The van der Waals surface area contributed by atoms with E-state index in [0.29, 0.717) is 23.2 Å². The topological polar surface area (TPSA) is 64.1 Å². The molecule has 0 unspecified atom stereocenters. The summed E-state index contributed by atoms with van der Waals surface area (Å²) in [6, 6.07) is 1.56. The average molecular weight is 230 g/mol. The van der Waals surface area contributed by atoms with Crippen molar-refractivity contribution in [2.75, 3.05) is 19.0 Å². The molecule has 1 aromatic rings. The average Bonchev–Trinajstić information content (AvgIpc) is 2.25. The molecule has 0 spiro atoms. The second-order valence-electron chi connectivity index (χ2n) is 2.78. The van der Waals surface area contributed by atoms with Crippen molar-refractivity contribution in [3.8, 4) is 0 Å². The van der Waals surface area contributed by atoms with E-state index in [1.807, 2.05) is 6.92 Å². The van der Waals surface area contributed by atoms with Crippen LogP contribution in [0, 0.1) is 0 Å². The molecule has 1 aromatic heterocycles. The van der Waals surface area contributed by atoms with Gasteiger partial charge >= 0.3 is 5.97 Å². The number of carbonyl (C=O) groups excluding carboxylic acids is 1. The molecule has 0 atom stereocenters. The summed E-state index contributed by atoms with van der Waals surface area (Å²) in [4.78, 5) is 19.0. The summed E-state index contributed by atoms with van der Waals surface area (Å²) in [7, 11) is 1.33. The van der Waals surface area contributed by atoms with Crippen LogP contribution in [0.1, 0.15) is 12.7 Å². The molecule has 0 aliphatic rings. The molecule has 82 valence electrons. The largest absolute Gasteiger partial charge is 0.468 e. The van der Waals surface area contributed by atoms with Crippen LogP contribution >= 0.6 is 11.6 Å². The molecule has 0 aliphatic carbocycles. The van der Waals surface area contributed by atoms with Gasteiger partial charge in [0.25, 0.3) is 0 Å². The summed E-state index contributed by atoms with van der Waals surface area (Å²) in [5.74, 6) is 0.801. The van der Waals surface area contributed by atoms with Crippen LogP contribution in [0.4, 0.5) is 5.82 Å². The van der Waals surface area contributed by atoms with Gasteiger partial charge in [-0.25, -0.2) is 9.97 Å². The molecule has 0 saturated carbocycles. The third-order valence-corrected chi connectivity index (χ3v) is 1.89. The van der Waals surface area contributed by atoms with Crippen LogP contribution in [0.5, 0.6) is 0 Å². The summed E-state index contributed by atoms with van der Waals surface area (Å²) >= 11 is 5.77. The maximum absolute atomic E-state index is 10.9. The number of carbonyl (C=O) groups is 1. The molecule has 1 rings (SSSR count). The predicted molar refractivity (Wildman–Crippen MR) is 56.9 cm³/mol. The molecule has 6 heteroatoms. The maximum Gasteiger partial charge on any atom is 0.325 e. The van der Waals surface area contributed by atoms with Gasteiger partial charge in [-0.2, -0.15) is 0 Å². The highest BCUT2D eigenvalue weighted by Gasteiger charge is 2.04. The van der Waals surface area contributed by atoms with Gasteiger partial charge in [0.2, 0.25) is 0 Å². The van der Waals surface area contributed by atoms with E-state index in [1.54, 1.807) is 6.07 Å². The molecule has 0 amide bonds. The SMILES string of the molecule is CCc1nc(Cl)cc(NCC(=O)OC)n1. The van der Waals surface area contributed by atoms with Crippen LogP contribution < -0.4 is 5.32 Å². The van der Waals surface area contributed by atoms with E-state index < -0.39 is 0 Å². The Hall–Kier alpha value is -1.36. The number of hydrogen-bond acceptors (Lipinski definition) is 5. The van der Waals surface area contributed by atoms with Crippen LogP contribution in [0.2, 0.25) is 5.15 Å². The van der Waals surface area contributed by atoms with E-state index in [2.05, 4.69) is 20.0 Å². The summed E-state index contributed by atoms with van der Waals surface area (Å²) in [5.41, 5.74) is 0. The van der Waals surface area contributed by atoms with E-state index >= 15 is 0 Å². The van der Waals surface area contributed by atoms with Crippen LogP contribution in [0.15, 0.2) is 6.07 Å². The number of anilines is 1. The Labute approximate surface area is 92.8 Å². The monoisotopic (exact) mass is 229 g/mol. The minimum absolute atomic E-state index is 0.0625. The highest BCUT2D eigenvalue weighted by atomic mass is 35.5. The third-order valence-electron chi connectivity index (χ3n) is 1.70. The van der Waals surface area contributed by atoms with Gasteiger partial charge in [-0.1, -0.05) is 18.5 Å². The first kappa shape index (κ1) is 11.7. The molecule has 1 N–H and O–H groups in total. The molecule has 15 heavy (non-hydrogen) atoms. The van der Waals surface area contributed by atoms with Crippen molar-refractivity contribution in [3.63, 3.8) is 0 Å². The molecule has 0 fully saturated rings. The van der Waals surface area contributed by atoms with Gasteiger partial charge in [0.15, 0.2) is 0 Å². The van der Waals surface area contributed by atoms with E-state index in [-0.39, 0.29) is 12.5 Å². The number of esters is 1. The zero-order valence-electron chi connectivity index (χ0n) is 8.58. The number of aryl methyl sites for hydroxylation is 1. The lowest BCUT2D eigenvalue weighted by Gasteiger charge is -2.05. The Bertz CT molecular complexity index is 357. The van der Waals surface area contributed by atoms with Gasteiger partial charge in [0.1, 0.15) is 23.3 Å². The third kappa shape index (κ3) is 3.71. The molecule has 5 nitrogen and oxygen atoms in total. The van der Waals surface area contributed by atoms with Crippen LogP contribution in [0.3, 0.4) is 0 Å². The highest BCUT2D eigenvalue weighted by molar-refractivity contribution is 6.29. The lowest BCUT2D eigenvalue weighted by atomic mass is 10.4. The van der Waals surface area contributed by atoms with Crippen LogP contribution in [-0.4, -0.2) is 29.6 Å². The number of hydrogen-bond donors (Lipinski definition) is 1. The van der Waals surface area contributed by atoms with Crippen molar-refractivity contribution in [1.29, 1.82) is 0 Å². The standard InChI is InChI=1S/C9H12ClN3O2/c1-3-7-12-6(10)4-8(13-7)11-5-9(14)15-2/h4H,3,5H2,1-2H3,(H,11,12,13). The fraction of sp³-hybridized carbons (Fsp3) is 0.444. The summed E-state index contributed by atoms with van der Waals surface area (Å²) in [6.07, 6.45) is 0.688. The number of methoxy groups -OCH3 is 1. The number of rotatable bonds is 4. The van der Waals surface area contributed by atoms with Gasteiger partial charge in [-0.3, -0.25) is 4.79 Å². The van der Waals surface area contributed by atoms with Crippen molar-refractivity contribution in [2.24, 2.45) is 0 Å². The summed E-state index contributed by atoms with van der Waals surface area (Å²) < 4.78 is 4.48. The second-order valence-corrected chi connectivity index (χ2v) is 3.16. The zero-order valence-corrected chi connectivity index (χ0v) is 9.34. The van der Waals surface area contributed by atoms with Gasteiger partial charge < -0.3 is 10.1 Å². The highest BCUT2D eigenvalue weighted by Crippen LogP contribution is 2.11. The van der Waals surface area contributed by atoms with Crippen molar-refractivity contribution in [2.45, 2.75) is 13.3 Å². The Morgan fingerprint density at radius 1 is 1.60 bits per heavy atom. The van der Waals surface area contributed by atoms with E-state index in [4.69, 9.17) is 11.6 Å². The Balaban J connectivity index is 2.68. The first-order valence-electron chi connectivity index (χ1n) is 4.50. The maximum atomic E-state index is 10.9. The van der Waals surface area contributed by atoms with Crippen molar-refractivity contribution in [1.82, 2.24) is 9.97 Å². The van der Waals surface area contributed by atoms with E-state index in [9.17, 15) is 4.79 Å². The van der Waals surface area contributed by atoms with Crippen molar-refractivity contribution >= 4 is 23.4 Å². The molecule has 0 bridgehead atoms. The van der Waals surface area contributed by atoms with Gasteiger partial charge in [0, 0.05) is 12.5 Å². The summed E-state index contributed by atoms with van der Waals surface area (Å²) in [5, 5.41) is 3.16. The Morgan fingerprint density at radius 3 is 2.93 bits per heavy atom. The van der Waals surface area contributed by atoms with E-state index in [1.165, 1.54) is 7.11 Å². The zero-order chi connectivity index (χ0) is 11.3. The second kappa shape index (κ2) is 5.50. The van der Waals surface area contributed by atoms with Gasteiger partial charge in [-0.15, -0.1) is 0 Å². The fourth-order valence-corrected chi connectivity index (χ4v) is 1.15. The van der Waals surface area contributed by atoms with Crippen molar-refractivity contribution in [3.05, 3.63) is 17.0 Å². The molecule has 0 saturated heterocycles. The lowest BCUT2D eigenvalue weighted by Crippen LogP contribution is -2.16. The molecule has 0 radical (unpaired) electrons. The van der Waals surface area contributed by atoms with Crippen LogP contribution in [-0.2, 0) is 16.0 Å². The molecule has 1 heterocycles. The van der Waals surface area contributed by atoms with Gasteiger partial charge in [0.05, 0.1) is 7.11 Å². The van der Waals surface area contributed by atoms with Crippen LogP contribution in [0.25, 0.3) is 0 Å². The first-order chi connectivity index (χ1) is 7.15. The normalized spacial score (nSPS) is 9.80. The number of aromatic nitrogens is 2. The number of ether oxygens (including phenoxy) is 1. The number of nitrogens with one attached hydrogen (secondary N) is 1. The van der Waals surface area contributed by atoms with E-state index in [0.717, 1.165) is 0 Å². The Morgan fingerprint density at radius 2 is 2.33 bits per heavy atom. The summed E-state index contributed by atoms with van der Waals surface area (Å²) in [6.45, 7) is 1.99. The Kier molecular flexibility index (Phi) is 4.30.